The van der Waals surface area contributed by atoms with Crippen LogP contribution in [0.15, 0.2) is 0 Å². The maximum atomic E-state index is 12.6. The lowest BCUT2D eigenvalue weighted by atomic mass is 10.1. The van der Waals surface area contributed by atoms with E-state index in [1.54, 1.807) is 21.0 Å². The molecule has 0 aromatic carbocycles. The zero-order chi connectivity index (χ0) is 24.1. The quantitative estimate of drug-likeness (QED) is 0.221. The number of likely N-dealkylation sites (tertiary alicyclic amines) is 1. The molecule has 1 heterocycles. The van der Waals surface area contributed by atoms with Gasteiger partial charge in [-0.1, -0.05) is 6.42 Å². The zero-order valence-electron chi connectivity index (χ0n) is 19.6. The number of carbonyl (C=O) groups is 5. The molecule has 1 rings (SSSR count). The van der Waals surface area contributed by atoms with E-state index in [4.69, 9.17) is 0 Å². The topological polar surface area (TPSA) is 128 Å². The minimum Gasteiger partial charge on any atom is -0.359 e. The van der Waals surface area contributed by atoms with Gasteiger partial charge in [0.2, 0.25) is 29.5 Å². The maximum absolute atomic E-state index is 12.6. The molecule has 1 fully saturated rings. The number of rotatable bonds is 15. The fourth-order valence-corrected chi connectivity index (χ4v) is 4.54. The molecule has 0 aromatic rings. The average molecular weight is 472 g/mol. The summed E-state index contributed by atoms with van der Waals surface area (Å²) < 4.78 is 0. The number of unbranched alkanes of at least 4 members (excludes halogenated alkanes) is 2. The molecule has 0 bridgehead atoms. The van der Waals surface area contributed by atoms with E-state index in [2.05, 4.69) is 16.0 Å². The van der Waals surface area contributed by atoms with Gasteiger partial charge in [0, 0.05) is 46.6 Å². The lowest BCUT2D eigenvalue weighted by molar-refractivity contribution is -0.141. The summed E-state index contributed by atoms with van der Waals surface area (Å²) in [5.41, 5.74) is 0. The van der Waals surface area contributed by atoms with E-state index in [9.17, 15) is 24.0 Å². The largest absolute Gasteiger partial charge is 0.359 e. The van der Waals surface area contributed by atoms with Gasteiger partial charge < -0.3 is 20.9 Å². The van der Waals surface area contributed by atoms with Crippen LogP contribution in [-0.4, -0.2) is 97.2 Å². The third kappa shape index (κ3) is 8.78. The molecule has 32 heavy (non-hydrogen) atoms. The summed E-state index contributed by atoms with van der Waals surface area (Å²) in [7, 11) is 4.81. The van der Waals surface area contributed by atoms with Crippen LogP contribution in [0.3, 0.4) is 0 Å². The highest BCUT2D eigenvalue weighted by atomic mass is 32.2. The third-order valence-electron chi connectivity index (χ3n) is 5.37. The number of hydrogen-bond acceptors (Lipinski definition) is 7. The number of amides is 5. The summed E-state index contributed by atoms with van der Waals surface area (Å²) in [6, 6.07) is -0.859. The highest BCUT2D eigenvalue weighted by Gasteiger charge is 2.37. The molecule has 0 aliphatic carbocycles. The summed E-state index contributed by atoms with van der Waals surface area (Å²) >= 11 is 1.50. The van der Waals surface area contributed by atoms with Gasteiger partial charge in [0.25, 0.3) is 0 Å². The van der Waals surface area contributed by atoms with Crippen molar-refractivity contribution in [3.05, 3.63) is 0 Å². The molecule has 1 aliphatic rings. The zero-order valence-corrected chi connectivity index (χ0v) is 20.4. The Labute approximate surface area is 194 Å². The van der Waals surface area contributed by atoms with Gasteiger partial charge >= 0.3 is 0 Å². The van der Waals surface area contributed by atoms with Gasteiger partial charge in [0.1, 0.15) is 6.04 Å². The molecule has 1 aliphatic heterocycles. The minimum atomic E-state index is -0.859. The second-order valence-electron chi connectivity index (χ2n) is 7.64. The summed E-state index contributed by atoms with van der Waals surface area (Å²) in [4.78, 5) is 63.4. The molecule has 0 radical (unpaired) electrons. The Balaban J connectivity index is 2.39. The van der Waals surface area contributed by atoms with Crippen molar-refractivity contribution in [2.24, 2.45) is 0 Å². The number of nitrogens with zero attached hydrogens (tertiary/aromatic N) is 2. The van der Waals surface area contributed by atoms with E-state index in [1.807, 2.05) is 0 Å². The lowest BCUT2D eigenvalue weighted by Crippen LogP contribution is -2.50. The first-order valence-corrected chi connectivity index (χ1v) is 12.2. The molecule has 0 saturated carbocycles. The third-order valence-corrected chi connectivity index (χ3v) is 6.66. The number of nitrogens with one attached hydrogen (secondary N) is 3. The van der Waals surface area contributed by atoms with Crippen LogP contribution in [0.5, 0.6) is 0 Å². The number of thioether (sulfide) groups is 1. The Kier molecular flexibility index (Phi) is 12.9. The molecule has 0 aromatic heterocycles. The number of hydrogen-bond donors (Lipinski definition) is 3. The van der Waals surface area contributed by atoms with Gasteiger partial charge in [0.15, 0.2) is 0 Å². The van der Waals surface area contributed by atoms with E-state index in [0.717, 1.165) is 18.6 Å². The summed E-state index contributed by atoms with van der Waals surface area (Å²) in [6.45, 7) is 3.20. The van der Waals surface area contributed by atoms with Crippen molar-refractivity contribution >= 4 is 41.3 Å². The normalized spacial score (nSPS) is 16.8. The first-order chi connectivity index (χ1) is 15.3. The molecule has 3 N–H and O–H groups in total. The van der Waals surface area contributed by atoms with Gasteiger partial charge in [0.05, 0.1) is 11.7 Å². The average Bonchev–Trinajstić information content (AvgIpc) is 3.05. The summed E-state index contributed by atoms with van der Waals surface area (Å²) in [6.07, 6.45) is 2.73. The van der Waals surface area contributed by atoms with Crippen LogP contribution in [0, 0.1) is 0 Å². The predicted octanol–water partition coefficient (Wildman–Crippen LogP) is -0.274. The van der Waals surface area contributed by atoms with Crippen LogP contribution in [0.4, 0.5) is 0 Å². The number of likely N-dealkylation sites (N-methyl/N-ethyl adjacent to an activating group) is 2. The highest BCUT2D eigenvalue weighted by Crippen LogP contribution is 2.26. The van der Waals surface area contributed by atoms with Gasteiger partial charge in [-0.05, 0) is 32.6 Å². The van der Waals surface area contributed by atoms with Gasteiger partial charge in [-0.25, -0.2) is 0 Å². The summed E-state index contributed by atoms with van der Waals surface area (Å²) in [5, 5.41) is 7.87. The van der Waals surface area contributed by atoms with Crippen molar-refractivity contribution < 1.29 is 24.0 Å². The summed E-state index contributed by atoms with van der Waals surface area (Å²) in [5.74, 6) is -0.312. The Morgan fingerprint density at radius 1 is 1.16 bits per heavy atom. The Hall–Kier alpha value is -2.14. The monoisotopic (exact) mass is 471 g/mol. The van der Waals surface area contributed by atoms with Crippen molar-refractivity contribution in [2.45, 2.75) is 56.7 Å². The van der Waals surface area contributed by atoms with Crippen LogP contribution in [0.25, 0.3) is 0 Å². The van der Waals surface area contributed by atoms with Gasteiger partial charge in [-0.3, -0.25) is 28.9 Å². The fraction of sp³-hybridized carbons (Fsp3) is 0.762. The smallest absolute Gasteiger partial charge is 0.243 e. The van der Waals surface area contributed by atoms with E-state index in [-0.39, 0.29) is 54.0 Å². The molecular formula is C21H37N5O5S. The van der Waals surface area contributed by atoms with Crippen LogP contribution < -0.4 is 16.0 Å². The molecule has 1 saturated heterocycles. The van der Waals surface area contributed by atoms with Crippen LogP contribution in [0.1, 0.15) is 45.4 Å². The molecule has 182 valence electrons. The highest BCUT2D eigenvalue weighted by molar-refractivity contribution is 8.00. The molecular weight excluding hydrogens is 434 g/mol. The van der Waals surface area contributed by atoms with E-state index >= 15 is 0 Å². The molecule has 5 amide bonds. The van der Waals surface area contributed by atoms with Gasteiger partial charge in [-0.2, -0.15) is 0 Å². The molecule has 2 atom stereocenters. The van der Waals surface area contributed by atoms with Crippen molar-refractivity contribution in [2.75, 3.05) is 46.5 Å². The molecule has 0 spiro atoms. The van der Waals surface area contributed by atoms with Crippen LogP contribution in [0.2, 0.25) is 0 Å². The van der Waals surface area contributed by atoms with Crippen molar-refractivity contribution in [3.63, 3.8) is 0 Å². The fourth-order valence-electron chi connectivity index (χ4n) is 3.36. The van der Waals surface area contributed by atoms with E-state index < -0.39 is 6.04 Å². The molecule has 10 nitrogen and oxygen atoms in total. The molecule has 11 heteroatoms. The van der Waals surface area contributed by atoms with Crippen LogP contribution in [-0.2, 0) is 24.0 Å². The Bertz CT molecular complexity index is 675. The Morgan fingerprint density at radius 2 is 1.88 bits per heavy atom. The second kappa shape index (κ2) is 14.8. The standard InChI is InChI=1S/C21H37N5O5S/c1-5-26-19(29)14-16(21(26)31)32-12-8-6-7-9-18(28)25(4)15(13-17(27)23-3)20(30)24-11-10-22-2/h15-16,22H,5-14H2,1-4H3,(H,23,27)(H,24,30). The van der Waals surface area contributed by atoms with Gasteiger partial charge in [-0.15, -0.1) is 11.8 Å². The Morgan fingerprint density at radius 3 is 2.47 bits per heavy atom. The molecule has 2 unspecified atom stereocenters. The first-order valence-electron chi connectivity index (χ1n) is 11.1. The maximum Gasteiger partial charge on any atom is 0.243 e. The van der Waals surface area contributed by atoms with Crippen LogP contribution >= 0.6 is 11.8 Å². The number of carbonyl (C=O) groups excluding carboxylic acids is 5. The minimum absolute atomic E-state index is 0.0936. The SMILES string of the molecule is CCN1C(=O)CC(SCCCCCC(=O)N(C)C(CC(=O)NC)C(=O)NCCNC)C1=O. The van der Waals surface area contributed by atoms with E-state index in [1.165, 1.54) is 28.6 Å². The lowest BCUT2D eigenvalue weighted by Gasteiger charge is -2.27. The van der Waals surface area contributed by atoms with Crippen molar-refractivity contribution in [1.29, 1.82) is 0 Å². The van der Waals surface area contributed by atoms with Crippen molar-refractivity contribution in [1.82, 2.24) is 25.8 Å². The van der Waals surface area contributed by atoms with E-state index in [0.29, 0.717) is 26.1 Å². The number of imide groups is 1. The second-order valence-corrected chi connectivity index (χ2v) is 8.95. The predicted molar refractivity (Wildman–Crippen MR) is 124 cm³/mol. The van der Waals surface area contributed by atoms with Crippen molar-refractivity contribution in [3.8, 4) is 0 Å². The first kappa shape index (κ1) is 27.9.